The maximum absolute atomic E-state index is 14.0. The molecular formula is C17H13ClF3N3O. The number of anilines is 1. The lowest BCUT2D eigenvalue weighted by Gasteiger charge is -2.36. The third kappa shape index (κ3) is 2.54. The zero-order valence-corrected chi connectivity index (χ0v) is 13.7. The predicted molar refractivity (Wildman–Crippen MR) is 85.9 cm³/mol. The van der Waals surface area contributed by atoms with Gasteiger partial charge in [0.05, 0.1) is 11.7 Å². The largest absolute Gasteiger partial charge is 0.322 e. The Morgan fingerprint density at radius 3 is 2.84 bits per heavy atom. The molecule has 25 heavy (non-hydrogen) atoms. The smallest absolute Gasteiger partial charge is 0.314 e. The fourth-order valence-corrected chi connectivity index (χ4v) is 3.89. The number of pyridine rings is 1. The van der Waals surface area contributed by atoms with Gasteiger partial charge in [0.15, 0.2) is 5.82 Å². The van der Waals surface area contributed by atoms with Crippen molar-refractivity contribution < 1.29 is 18.0 Å². The van der Waals surface area contributed by atoms with Gasteiger partial charge in [-0.1, -0.05) is 11.6 Å². The Kier molecular flexibility index (Phi) is 3.83. The summed E-state index contributed by atoms with van der Waals surface area (Å²) in [5, 5.41) is 1.78. The Bertz CT molecular complexity index is 876. The number of urea groups is 1. The number of amides is 2. The second-order valence-corrected chi connectivity index (χ2v) is 6.56. The van der Waals surface area contributed by atoms with Crippen LogP contribution in [0.5, 0.6) is 0 Å². The van der Waals surface area contributed by atoms with Crippen molar-refractivity contribution in [3.05, 3.63) is 58.1 Å². The molecule has 0 aliphatic carbocycles. The van der Waals surface area contributed by atoms with E-state index in [2.05, 4.69) is 10.3 Å². The van der Waals surface area contributed by atoms with Crippen LogP contribution in [0.25, 0.3) is 0 Å². The molecule has 0 unspecified atom stereocenters. The van der Waals surface area contributed by atoms with Crippen LogP contribution in [0, 0.1) is 17.6 Å². The number of halogens is 4. The Morgan fingerprint density at radius 1 is 1.24 bits per heavy atom. The van der Waals surface area contributed by atoms with Crippen LogP contribution in [-0.4, -0.2) is 22.0 Å². The summed E-state index contributed by atoms with van der Waals surface area (Å²) in [5.74, 6) is -2.42. The summed E-state index contributed by atoms with van der Waals surface area (Å²) in [6, 6.07) is 2.83. The molecule has 2 bridgehead atoms. The van der Waals surface area contributed by atoms with Crippen LogP contribution >= 0.6 is 11.6 Å². The zero-order valence-electron chi connectivity index (χ0n) is 12.9. The monoisotopic (exact) mass is 367 g/mol. The van der Waals surface area contributed by atoms with Gasteiger partial charge >= 0.3 is 6.03 Å². The zero-order chi connectivity index (χ0) is 17.7. The lowest BCUT2D eigenvalue weighted by atomic mass is 9.95. The van der Waals surface area contributed by atoms with Crippen LogP contribution in [0.3, 0.4) is 0 Å². The van der Waals surface area contributed by atoms with E-state index in [1.807, 2.05) is 0 Å². The number of hydrogen-bond donors (Lipinski definition) is 1. The van der Waals surface area contributed by atoms with E-state index in [1.165, 1.54) is 6.20 Å². The van der Waals surface area contributed by atoms with Gasteiger partial charge in [-0.25, -0.2) is 18.6 Å². The van der Waals surface area contributed by atoms with Crippen LogP contribution in [0.4, 0.5) is 23.7 Å². The summed E-state index contributed by atoms with van der Waals surface area (Å²) >= 11 is 5.54. The maximum Gasteiger partial charge on any atom is 0.322 e. The van der Waals surface area contributed by atoms with Crippen molar-refractivity contribution in [2.75, 3.05) is 5.32 Å². The van der Waals surface area contributed by atoms with Gasteiger partial charge in [-0.3, -0.25) is 0 Å². The molecule has 1 aromatic heterocycles. The summed E-state index contributed by atoms with van der Waals surface area (Å²) in [4.78, 5) is 17.9. The van der Waals surface area contributed by atoms with Crippen LogP contribution in [-0.2, 0) is 6.42 Å². The molecule has 2 amide bonds. The Hall–Kier alpha value is -2.28. The van der Waals surface area contributed by atoms with Crippen molar-refractivity contribution in [1.82, 2.24) is 9.88 Å². The highest BCUT2D eigenvalue weighted by molar-refractivity contribution is 6.31. The van der Waals surface area contributed by atoms with Gasteiger partial charge in [-0.15, -0.1) is 0 Å². The van der Waals surface area contributed by atoms with E-state index in [4.69, 9.17) is 11.6 Å². The molecule has 3 heterocycles. The van der Waals surface area contributed by atoms with Gasteiger partial charge in [0, 0.05) is 17.8 Å². The fourth-order valence-electron chi connectivity index (χ4n) is 3.73. The van der Waals surface area contributed by atoms with Gasteiger partial charge in [0.25, 0.3) is 0 Å². The normalized spacial score (nSPS) is 21.2. The first-order valence-corrected chi connectivity index (χ1v) is 8.21. The topological polar surface area (TPSA) is 45.2 Å². The molecule has 1 N–H and O–H groups in total. The van der Waals surface area contributed by atoms with E-state index >= 15 is 0 Å². The van der Waals surface area contributed by atoms with Crippen molar-refractivity contribution in [3.8, 4) is 0 Å². The maximum atomic E-state index is 14.0. The minimum atomic E-state index is -1.02. The lowest BCUT2D eigenvalue weighted by Crippen LogP contribution is -2.44. The third-order valence-electron chi connectivity index (χ3n) is 4.85. The number of carbonyl (C=O) groups excluding carboxylic acids is 1. The van der Waals surface area contributed by atoms with Gasteiger partial charge in [-0.05, 0) is 43.0 Å². The first-order chi connectivity index (χ1) is 12.0. The molecular weight excluding hydrogens is 355 g/mol. The van der Waals surface area contributed by atoms with Crippen molar-refractivity contribution >= 4 is 23.3 Å². The average Bonchev–Trinajstić information content (AvgIpc) is 2.92. The number of carbonyl (C=O) groups is 1. The number of benzene rings is 1. The summed E-state index contributed by atoms with van der Waals surface area (Å²) in [6.45, 7) is 0. The molecule has 0 radical (unpaired) electrons. The minimum absolute atomic E-state index is 0.185. The molecule has 1 saturated heterocycles. The van der Waals surface area contributed by atoms with E-state index in [1.54, 1.807) is 11.0 Å². The summed E-state index contributed by atoms with van der Waals surface area (Å²) < 4.78 is 41.2. The van der Waals surface area contributed by atoms with Crippen molar-refractivity contribution in [1.29, 1.82) is 0 Å². The molecule has 4 rings (SSSR count). The molecule has 2 aromatic rings. The Morgan fingerprint density at radius 2 is 2.04 bits per heavy atom. The number of rotatable bonds is 1. The number of fused-ring (bicyclic) bond motifs is 4. The summed E-state index contributed by atoms with van der Waals surface area (Å²) in [7, 11) is 0. The van der Waals surface area contributed by atoms with E-state index in [9.17, 15) is 18.0 Å². The highest BCUT2D eigenvalue weighted by Crippen LogP contribution is 2.44. The van der Waals surface area contributed by atoms with E-state index in [-0.39, 0.29) is 17.8 Å². The summed E-state index contributed by atoms with van der Waals surface area (Å²) in [6.07, 6.45) is 3.16. The molecule has 1 aromatic carbocycles. The molecule has 4 nitrogen and oxygen atoms in total. The lowest BCUT2D eigenvalue weighted by molar-refractivity contribution is 0.178. The molecule has 1 fully saturated rings. The quantitative estimate of drug-likeness (QED) is 0.598. The number of aromatic nitrogens is 1. The molecule has 2 aliphatic rings. The molecule has 2 atom stereocenters. The molecule has 8 heteroatoms. The second kappa shape index (κ2) is 5.91. The molecule has 0 saturated carbocycles. The van der Waals surface area contributed by atoms with E-state index < -0.39 is 28.6 Å². The van der Waals surface area contributed by atoms with Gasteiger partial charge in [0.1, 0.15) is 10.8 Å². The minimum Gasteiger partial charge on any atom is -0.314 e. The first-order valence-electron chi connectivity index (χ1n) is 7.83. The average molecular weight is 368 g/mol. The Balaban J connectivity index is 1.63. The van der Waals surface area contributed by atoms with E-state index in [0.717, 1.165) is 24.1 Å². The predicted octanol–water partition coefficient (Wildman–Crippen LogP) is 4.45. The van der Waals surface area contributed by atoms with E-state index in [0.29, 0.717) is 18.4 Å². The van der Waals surface area contributed by atoms with Crippen LogP contribution in [0.15, 0.2) is 24.4 Å². The number of hydrogen-bond acceptors (Lipinski definition) is 2. The summed E-state index contributed by atoms with van der Waals surface area (Å²) in [5.41, 5.74) is 1.08. The van der Waals surface area contributed by atoms with Crippen LogP contribution in [0.1, 0.15) is 30.0 Å². The van der Waals surface area contributed by atoms with Crippen LogP contribution < -0.4 is 5.32 Å². The van der Waals surface area contributed by atoms with Crippen molar-refractivity contribution in [2.45, 2.75) is 31.3 Å². The van der Waals surface area contributed by atoms with Gasteiger partial charge in [-0.2, -0.15) is 4.39 Å². The highest BCUT2D eigenvalue weighted by Gasteiger charge is 2.43. The highest BCUT2D eigenvalue weighted by atomic mass is 35.5. The van der Waals surface area contributed by atoms with Gasteiger partial charge in [0.2, 0.25) is 5.95 Å². The standard InChI is InChI=1S/C17H13ClF3N3O/c18-14-11(19)2-3-12(15(14)20)23-17(25)24-8-1-4-13(24)9-5-6-22-16(21)10(9)7-8/h2-3,5-6,8,13H,1,4,7H2,(H,23,25)/t8-,13+/m1/s1. The molecule has 0 spiro atoms. The van der Waals surface area contributed by atoms with Crippen LogP contribution in [0.2, 0.25) is 5.02 Å². The molecule has 130 valence electrons. The number of nitrogens with one attached hydrogen (secondary N) is 1. The second-order valence-electron chi connectivity index (χ2n) is 6.18. The first kappa shape index (κ1) is 16.2. The third-order valence-corrected chi connectivity index (χ3v) is 5.20. The van der Waals surface area contributed by atoms with Gasteiger partial charge < -0.3 is 10.2 Å². The van der Waals surface area contributed by atoms with Crippen molar-refractivity contribution in [3.63, 3.8) is 0 Å². The number of nitrogens with zero attached hydrogens (tertiary/aromatic N) is 2. The fraction of sp³-hybridized carbons (Fsp3) is 0.294. The van der Waals surface area contributed by atoms with Crippen molar-refractivity contribution in [2.24, 2.45) is 0 Å². The molecule has 2 aliphatic heterocycles. The SMILES string of the molecule is O=C(Nc1ccc(F)c(Cl)c1F)N1[C@@H]2CC[C@H]1c1ccnc(F)c1C2. The Labute approximate surface area is 146 Å².